The molecular weight excluding hydrogens is 345 g/mol. The van der Waals surface area contributed by atoms with Gasteiger partial charge in [-0.1, -0.05) is 0 Å². The van der Waals surface area contributed by atoms with Crippen LogP contribution < -0.4 is 0 Å². The summed E-state index contributed by atoms with van der Waals surface area (Å²) in [6.07, 6.45) is 0.201. The van der Waals surface area contributed by atoms with Crippen LogP contribution in [0, 0.1) is 0 Å². The summed E-state index contributed by atoms with van der Waals surface area (Å²) in [6, 6.07) is 0. The molecule has 0 N–H and O–H groups in total. The number of halogens is 3. The maximum atomic E-state index is 12.4. The van der Waals surface area contributed by atoms with E-state index in [9.17, 15) is 26.4 Å². The van der Waals surface area contributed by atoms with Gasteiger partial charge in [0.25, 0.3) is 0 Å². The summed E-state index contributed by atoms with van der Waals surface area (Å²) in [5.74, 6) is 0.349. The standard InChI is InChI=1S/C11H17F3N2O4S2/c1-15(2)9(17)4-20-8-3-10(21-5-8)6-16(7-10)22(18,19)11(12,13)14/h8H,3-7H2,1-2H3. The largest absolute Gasteiger partial charge is 0.511 e. The molecule has 2 aliphatic rings. The van der Waals surface area contributed by atoms with Crippen molar-refractivity contribution in [1.82, 2.24) is 9.21 Å². The molecule has 1 spiro atoms. The summed E-state index contributed by atoms with van der Waals surface area (Å²) in [7, 11) is -2.04. The van der Waals surface area contributed by atoms with Gasteiger partial charge in [0.05, 0.1) is 6.10 Å². The van der Waals surface area contributed by atoms with Gasteiger partial charge in [-0.2, -0.15) is 17.5 Å². The predicted molar refractivity (Wildman–Crippen MR) is 74.8 cm³/mol. The highest BCUT2D eigenvalue weighted by Gasteiger charge is 2.60. The van der Waals surface area contributed by atoms with Gasteiger partial charge in [0.2, 0.25) is 5.91 Å². The average Bonchev–Trinajstić information content (AvgIpc) is 2.76. The summed E-state index contributed by atoms with van der Waals surface area (Å²) in [5.41, 5.74) is -5.26. The molecule has 2 rings (SSSR count). The first-order valence-corrected chi connectivity index (χ1v) is 8.92. The predicted octanol–water partition coefficient (Wildman–Crippen LogP) is 0.501. The summed E-state index contributed by atoms with van der Waals surface area (Å²) in [5, 5.41) is 0. The van der Waals surface area contributed by atoms with Crippen molar-refractivity contribution < 1.29 is 31.1 Å². The molecule has 0 aromatic rings. The number of nitrogens with zero attached hydrogens (tertiary/aromatic N) is 2. The van der Waals surface area contributed by atoms with Crippen molar-refractivity contribution >= 4 is 27.7 Å². The van der Waals surface area contributed by atoms with E-state index in [1.807, 2.05) is 0 Å². The Morgan fingerprint density at radius 1 is 1.41 bits per heavy atom. The van der Waals surface area contributed by atoms with Crippen molar-refractivity contribution in [2.24, 2.45) is 0 Å². The lowest BCUT2D eigenvalue weighted by Crippen LogP contribution is -2.62. The van der Waals surface area contributed by atoms with E-state index in [0.29, 0.717) is 16.5 Å². The van der Waals surface area contributed by atoms with Crippen molar-refractivity contribution in [2.45, 2.75) is 22.8 Å². The van der Waals surface area contributed by atoms with Gasteiger partial charge in [0.15, 0.2) is 0 Å². The van der Waals surface area contributed by atoms with E-state index in [2.05, 4.69) is 0 Å². The lowest BCUT2D eigenvalue weighted by molar-refractivity contribution is -0.135. The third-order valence-electron chi connectivity index (χ3n) is 3.68. The van der Waals surface area contributed by atoms with Crippen LogP contribution in [0.5, 0.6) is 0 Å². The molecule has 0 radical (unpaired) electrons. The zero-order chi connectivity index (χ0) is 16.8. The molecule has 22 heavy (non-hydrogen) atoms. The van der Waals surface area contributed by atoms with Crippen molar-refractivity contribution in [3.8, 4) is 0 Å². The Kier molecular flexibility index (Phi) is 4.73. The second kappa shape index (κ2) is 5.84. The second-order valence-corrected chi connectivity index (χ2v) is 9.06. The van der Waals surface area contributed by atoms with Crippen molar-refractivity contribution in [3.05, 3.63) is 0 Å². The number of thioether (sulfide) groups is 1. The number of hydrogen-bond acceptors (Lipinski definition) is 5. The lowest BCUT2D eigenvalue weighted by Gasteiger charge is -2.46. The Labute approximate surface area is 131 Å². The smallest absolute Gasteiger partial charge is 0.367 e. The summed E-state index contributed by atoms with van der Waals surface area (Å²) in [6.45, 7) is -0.416. The van der Waals surface area contributed by atoms with Crippen LogP contribution in [0.2, 0.25) is 0 Å². The molecule has 0 bridgehead atoms. The molecule has 2 aliphatic heterocycles. The van der Waals surface area contributed by atoms with Crippen LogP contribution in [0.15, 0.2) is 0 Å². The molecule has 0 saturated carbocycles. The molecule has 11 heteroatoms. The number of sulfonamides is 1. The van der Waals surface area contributed by atoms with Gasteiger partial charge < -0.3 is 9.64 Å². The van der Waals surface area contributed by atoms with Crippen LogP contribution in [-0.2, 0) is 19.6 Å². The molecular formula is C11H17F3N2O4S2. The van der Waals surface area contributed by atoms with E-state index in [-0.39, 0.29) is 31.7 Å². The molecule has 128 valence electrons. The fraction of sp³-hybridized carbons (Fsp3) is 0.909. The summed E-state index contributed by atoms with van der Waals surface area (Å²) in [4.78, 5) is 12.8. The highest BCUT2D eigenvalue weighted by atomic mass is 32.2. The van der Waals surface area contributed by atoms with E-state index >= 15 is 0 Å². The number of carbonyl (C=O) groups excluding carboxylic acids is 1. The van der Waals surface area contributed by atoms with Gasteiger partial charge in [-0.25, -0.2) is 8.42 Å². The Hall–Kier alpha value is -0.520. The second-order valence-electron chi connectivity index (χ2n) is 5.64. The van der Waals surface area contributed by atoms with Crippen molar-refractivity contribution in [3.63, 3.8) is 0 Å². The third kappa shape index (κ3) is 3.36. The number of amides is 1. The number of likely N-dealkylation sites (N-methyl/N-ethyl adjacent to an activating group) is 1. The van der Waals surface area contributed by atoms with Gasteiger partial charge in [-0.15, -0.1) is 11.8 Å². The van der Waals surface area contributed by atoms with Gasteiger partial charge in [0, 0.05) is 37.7 Å². The number of hydrogen-bond donors (Lipinski definition) is 0. The monoisotopic (exact) mass is 362 g/mol. The number of alkyl halides is 3. The molecule has 1 atom stereocenters. The minimum Gasteiger partial charge on any atom is -0.367 e. The number of ether oxygens (including phenoxy) is 1. The van der Waals surface area contributed by atoms with E-state index in [1.54, 1.807) is 14.1 Å². The Morgan fingerprint density at radius 2 is 2.00 bits per heavy atom. The molecule has 0 aromatic carbocycles. The van der Waals surface area contributed by atoms with E-state index in [0.717, 1.165) is 0 Å². The Bertz CT molecular complexity index is 544. The van der Waals surface area contributed by atoms with Crippen LogP contribution in [0.4, 0.5) is 13.2 Å². The van der Waals surface area contributed by atoms with Crippen molar-refractivity contribution in [2.75, 3.05) is 39.5 Å². The minimum absolute atomic E-state index is 0.0845. The van der Waals surface area contributed by atoms with E-state index in [1.165, 1.54) is 16.7 Å². The van der Waals surface area contributed by atoms with Crippen LogP contribution in [0.3, 0.4) is 0 Å². The summed E-state index contributed by atoms with van der Waals surface area (Å²) < 4.78 is 65.2. The quantitative estimate of drug-likeness (QED) is 0.729. The van der Waals surface area contributed by atoms with Gasteiger partial charge in [0.1, 0.15) is 6.61 Å². The van der Waals surface area contributed by atoms with Crippen molar-refractivity contribution in [1.29, 1.82) is 0 Å². The highest BCUT2D eigenvalue weighted by Crippen LogP contribution is 2.48. The first-order chi connectivity index (χ1) is 9.97. The summed E-state index contributed by atoms with van der Waals surface area (Å²) >= 11 is 1.41. The number of carbonyl (C=O) groups is 1. The zero-order valence-corrected chi connectivity index (χ0v) is 13.7. The lowest BCUT2D eigenvalue weighted by atomic mass is 9.95. The minimum atomic E-state index is -5.26. The molecule has 2 heterocycles. The van der Waals surface area contributed by atoms with Gasteiger partial charge >= 0.3 is 15.5 Å². The van der Waals surface area contributed by atoms with Crippen LogP contribution >= 0.6 is 11.8 Å². The molecule has 2 saturated heterocycles. The SMILES string of the molecule is CN(C)C(=O)COC1CSC2(C1)CN(S(=O)(=O)C(F)(F)F)C2. The zero-order valence-electron chi connectivity index (χ0n) is 12.1. The topological polar surface area (TPSA) is 66.9 Å². The molecule has 6 nitrogen and oxygen atoms in total. The maximum absolute atomic E-state index is 12.4. The average molecular weight is 362 g/mol. The molecule has 2 fully saturated rings. The van der Waals surface area contributed by atoms with E-state index < -0.39 is 20.3 Å². The highest BCUT2D eigenvalue weighted by molar-refractivity contribution is 8.01. The first kappa shape index (κ1) is 17.8. The van der Waals surface area contributed by atoms with Gasteiger partial charge in [-0.05, 0) is 6.42 Å². The Morgan fingerprint density at radius 3 is 2.50 bits per heavy atom. The molecule has 1 amide bonds. The van der Waals surface area contributed by atoms with Crippen LogP contribution in [0.1, 0.15) is 6.42 Å². The van der Waals surface area contributed by atoms with Crippen LogP contribution in [-0.4, -0.2) is 79.4 Å². The first-order valence-electron chi connectivity index (χ1n) is 6.49. The fourth-order valence-electron chi connectivity index (χ4n) is 2.36. The third-order valence-corrected chi connectivity index (χ3v) is 6.78. The van der Waals surface area contributed by atoms with Gasteiger partial charge in [-0.3, -0.25) is 4.79 Å². The molecule has 0 aromatic heterocycles. The maximum Gasteiger partial charge on any atom is 0.511 e. The van der Waals surface area contributed by atoms with E-state index in [4.69, 9.17) is 4.74 Å². The fourth-order valence-corrected chi connectivity index (χ4v) is 5.20. The molecule has 1 unspecified atom stereocenters. The van der Waals surface area contributed by atoms with Crippen LogP contribution in [0.25, 0.3) is 0 Å². The molecule has 0 aliphatic carbocycles. The normalized spacial score (nSPS) is 25.2. The Balaban J connectivity index is 1.85. The number of rotatable bonds is 4.